The quantitative estimate of drug-likeness (QED) is 0.674. The van der Waals surface area contributed by atoms with E-state index < -0.39 is 11.9 Å². The number of aryl methyl sites for hydroxylation is 6. The van der Waals surface area contributed by atoms with Crippen molar-refractivity contribution in [2.45, 2.75) is 32.7 Å². The van der Waals surface area contributed by atoms with E-state index in [1.807, 2.05) is 0 Å². The van der Waals surface area contributed by atoms with Crippen LogP contribution < -0.4 is 0 Å². The van der Waals surface area contributed by atoms with Crippen molar-refractivity contribution in [1.29, 1.82) is 0 Å². The Kier molecular flexibility index (Phi) is 4.60. The van der Waals surface area contributed by atoms with E-state index in [1.165, 1.54) is 22.6 Å². The fraction of sp³-hybridized carbons (Fsp3) is 0.467. The molecule has 0 spiro atoms. The molecule has 7 nitrogen and oxygen atoms in total. The van der Waals surface area contributed by atoms with E-state index in [9.17, 15) is 13.2 Å². The predicted octanol–water partition coefficient (Wildman–Crippen LogP) is 1.50. The molecule has 0 aliphatic carbocycles. The van der Waals surface area contributed by atoms with Gasteiger partial charge in [0.05, 0.1) is 23.4 Å². The van der Waals surface area contributed by atoms with E-state index in [4.69, 9.17) is 0 Å². The van der Waals surface area contributed by atoms with Crippen LogP contribution in [-0.2, 0) is 39.9 Å². The predicted molar refractivity (Wildman–Crippen MR) is 82.2 cm³/mol. The van der Waals surface area contributed by atoms with Crippen LogP contribution in [0.1, 0.15) is 22.8 Å². The summed E-state index contributed by atoms with van der Waals surface area (Å²) in [4.78, 5) is 4.04. The minimum atomic E-state index is -0.539. The molecule has 0 bridgehead atoms. The first-order chi connectivity index (χ1) is 11.9. The molecule has 0 saturated carbocycles. The van der Waals surface area contributed by atoms with Crippen LogP contribution in [0, 0.1) is 24.6 Å². The van der Waals surface area contributed by atoms with E-state index in [0.717, 1.165) is 4.68 Å². The lowest BCUT2D eigenvalue weighted by molar-refractivity contribution is 0.469. The van der Waals surface area contributed by atoms with Gasteiger partial charge < -0.3 is 4.57 Å². The summed E-state index contributed by atoms with van der Waals surface area (Å²) in [5, 5.41) is 11.3. The lowest BCUT2D eigenvalue weighted by Gasteiger charge is -2.03. The van der Waals surface area contributed by atoms with E-state index in [-0.39, 0.29) is 43.0 Å². The number of nitrogens with zero attached hydrogens (tertiary/aromatic N) is 7. The minimum absolute atomic E-state index is 0.171. The first-order valence-electron chi connectivity index (χ1n) is 7.80. The van der Waals surface area contributed by atoms with E-state index >= 15 is 0 Å². The zero-order valence-corrected chi connectivity index (χ0v) is 14.2. The third-order valence-corrected chi connectivity index (χ3v) is 4.11. The van der Waals surface area contributed by atoms with Crippen LogP contribution in [0.25, 0.3) is 0 Å². The highest BCUT2D eigenvalue weighted by atomic mass is 19.1. The van der Waals surface area contributed by atoms with Crippen molar-refractivity contribution in [2.24, 2.45) is 14.1 Å². The molecule has 25 heavy (non-hydrogen) atoms. The van der Waals surface area contributed by atoms with Crippen molar-refractivity contribution in [2.75, 3.05) is 0 Å². The standard InChI is InChI=1S/C15H18F3N7/c1-9-13(16)12(23(2)21-9)5-4-10-15(18)25(8-19-10)7-6-11-14(17)24(3)22-20-11/h8H,4-7H2,1-3H3. The van der Waals surface area contributed by atoms with Crippen molar-refractivity contribution in [3.63, 3.8) is 0 Å². The Hall–Kier alpha value is -2.65. The van der Waals surface area contributed by atoms with Crippen LogP contribution in [0.4, 0.5) is 13.2 Å². The summed E-state index contributed by atoms with van der Waals surface area (Å²) in [5.41, 5.74) is 1.13. The van der Waals surface area contributed by atoms with Crippen molar-refractivity contribution < 1.29 is 13.2 Å². The molecule has 0 amide bonds. The summed E-state index contributed by atoms with van der Waals surface area (Å²) in [6.07, 6.45) is 2.08. The monoisotopic (exact) mass is 353 g/mol. The fourth-order valence-corrected chi connectivity index (χ4v) is 2.69. The second-order valence-corrected chi connectivity index (χ2v) is 5.85. The normalized spacial score (nSPS) is 11.4. The molecule has 3 aromatic rings. The topological polar surface area (TPSA) is 66.3 Å². The third kappa shape index (κ3) is 3.28. The van der Waals surface area contributed by atoms with Gasteiger partial charge >= 0.3 is 0 Å². The van der Waals surface area contributed by atoms with Gasteiger partial charge in [-0.15, -0.1) is 5.10 Å². The summed E-state index contributed by atoms with van der Waals surface area (Å²) in [6, 6.07) is 0. The molecule has 3 aromatic heterocycles. The average Bonchev–Trinajstić information content (AvgIpc) is 3.16. The molecule has 0 atom stereocenters. The maximum Gasteiger partial charge on any atom is 0.234 e. The molecule has 0 saturated heterocycles. The number of aromatic nitrogens is 7. The van der Waals surface area contributed by atoms with Gasteiger partial charge in [-0.25, -0.2) is 14.1 Å². The van der Waals surface area contributed by atoms with E-state index in [2.05, 4.69) is 20.4 Å². The van der Waals surface area contributed by atoms with Crippen LogP contribution in [0.3, 0.4) is 0 Å². The number of hydrogen-bond donors (Lipinski definition) is 0. The van der Waals surface area contributed by atoms with Crippen molar-refractivity contribution in [3.8, 4) is 0 Å². The zero-order valence-electron chi connectivity index (χ0n) is 14.2. The van der Waals surface area contributed by atoms with Crippen LogP contribution in [0.2, 0.25) is 0 Å². The number of hydrogen-bond acceptors (Lipinski definition) is 4. The first kappa shape index (κ1) is 17.2. The van der Waals surface area contributed by atoms with Gasteiger partial charge in [-0.2, -0.15) is 13.9 Å². The Morgan fingerprint density at radius 3 is 2.32 bits per heavy atom. The summed E-state index contributed by atoms with van der Waals surface area (Å²) in [5.74, 6) is -1.42. The molecular formula is C15H18F3N7. The highest BCUT2D eigenvalue weighted by Gasteiger charge is 2.17. The molecule has 0 aliphatic heterocycles. The molecule has 0 fully saturated rings. The minimum Gasteiger partial charge on any atom is -0.307 e. The summed E-state index contributed by atoms with van der Waals surface area (Å²) in [7, 11) is 3.09. The summed E-state index contributed by atoms with van der Waals surface area (Å²) >= 11 is 0. The van der Waals surface area contributed by atoms with Crippen molar-refractivity contribution >= 4 is 0 Å². The lowest BCUT2D eigenvalue weighted by Crippen LogP contribution is -2.07. The van der Waals surface area contributed by atoms with Gasteiger partial charge in [0, 0.05) is 27.1 Å². The molecule has 0 aliphatic rings. The maximum atomic E-state index is 14.4. The van der Waals surface area contributed by atoms with Gasteiger partial charge in [-0.05, 0) is 19.8 Å². The number of halogens is 3. The number of rotatable bonds is 6. The van der Waals surface area contributed by atoms with Gasteiger partial charge in [0.15, 0.2) is 5.82 Å². The van der Waals surface area contributed by atoms with Gasteiger partial charge in [0.2, 0.25) is 11.9 Å². The number of imidazole rings is 1. The molecule has 0 aromatic carbocycles. The highest BCUT2D eigenvalue weighted by Crippen LogP contribution is 2.15. The van der Waals surface area contributed by atoms with Gasteiger partial charge in [0.25, 0.3) is 0 Å². The van der Waals surface area contributed by atoms with Crippen molar-refractivity contribution in [3.05, 3.63) is 46.8 Å². The van der Waals surface area contributed by atoms with Crippen LogP contribution in [0.15, 0.2) is 6.33 Å². The van der Waals surface area contributed by atoms with Crippen LogP contribution in [0.5, 0.6) is 0 Å². The van der Waals surface area contributed by atoms with Gasteiger partial charge in [-0.1, -0.05) is 5.21 Å². The molecular weight excluding hydrogens is 335 g/mol. The van der Waals surface area contributed by atoms with Crippen LogP contribution >= 0.6 is 0 Å². The molecule has 0 unspecified atom stereocenters. The van der Waals surface area contributed by atoms with Gasteiger partial charge in [0.1, 0.15) is 5.69 Å². The largest absolute Gasteiger partial charge is 0.307 e. The summed E-state index contributed by atoms with van der Waals surface area (Å²) in [6.45, 7) is 1.77. The van der Waals surface area contributed by atoms with Crippen molar-refractivity contribution in [1.82, 2.24) is 34.3 Å². The zero-order chi connectivity index (χ0) is 18.1. The smallest absolute Gasteiger partial charge is 0.234 e. The Morgan fingerprint density at radius 2 is 1.72 bits per heavy atom. The molecule has 3 heterocycles. The molecule has 10 heteroatoms. The molecule has 134 valence electrons. The average molecular weight is 353 g/mol. The second kappa shape index (κ2) is 6.69. The Bertz CT molecular complexity index is 893. The molecule has 3 rings (SSSR count). The Morgan fingerprint density at radius 1 is 0.960 bits per heavy atom. The first-order valence-corrected chi connectivity index (χ1v) is 7.80. The van der Waals surface area contributed by atoms with Crippen LogP contribution in [-0.4, -0.2) is 34.3 Å². The van der Waals surface area contributed by atoms with E-state index in [0.29, 0.717) is 11.4 Å². The SMILES string of the molecule is Cc1nn(C)c(CCc2ncn(CCc3nnn(C)c3F)c2F)c1F. The molecule has 0 radical (unpaired) electrons. The van der Waals surface area contributed by atoms with E-state index in [1.54, 1.807) is 14.0 Å². The summed E-state index contributed by atoms with van der Waals surface area (Å²) < 4.78 is 45.7. The highest BCUT2D eigenvalue weighted by molar-refractivity contribution is 5.14. The Balaban J connectivity index is 1.66. The lowest BCUT2D eigenvalue weighted by atomic mass is 10.2. The molecule has 0 N–H and O–H groups in total. The fourth-order valence-electron chi connectivity index (χ4n) is 2.69. The third-order valence-electron chi connectivity index (χ3n) is 4.11. The van der Waals surface area contributed by atoms with Gasteiger partial charge in [-0.3, -0.25) is 4.68 Å². The second-order valence-electron chi connectivity index (χ2n) is 5.85. The maximum absolute atomic E-state index is 14.4. The Labute approximate surface area is 142 Å².